The van der Waals surface area contributed by atoms with Crippen molar-refractivity contribution in [1.29, 1.82) is 0 Å². The number of nitro benzene ring substituents is 1. The molecular weight excluding hydrogens is 273 g/mol. The minimum atomic E-state index is -0.750. The maximum absolute atomic E-state index is 13.8. The van der Waals surface area contributed by atoms with Crippen molar-refractivity contribution in [3.63, 3.8) is 0 Å². The third-order valence-corrected chi connectivity index (χ3v) is 4.83. The van der Waals surface area contributed by atoms with Crippen molar-refractivity contribution in [3.05, 3.63) is 34.1 Å². The van der Waals surface area contributed by atoms with Gasteiger partial charge >= 0.3 is 5.69 Å². The summed E-state index contributed by atoms with van der Waals surface area (Å²) in [5, 5.41) is 11.2. The molecule has 0 aliphatic carbocycles. The monoisotopic (exact) mass is 293 g/mol. The zero-order valence-electron chi connectivity index (χ0n) is 12.2. The van der Waals surface area contributed by atoms with Crippen molar-refractivity contribution in [2.24, 2.45) is 5.92 Å². The Hall–Kier alpha value is -1.69. The molecule has 2 aliphatic rings. The maximum Gasteiger partial charge on any atom is 0.327 e. The second-order valence-electron chi connectivity index (χ2n) is 6.05. The number of hydrogen-bond donors (Lipinski definition) is 0. The molecule has 5 nitrogen and oxygen atoms in total. The van der Waals surface area contributed by atoms with Gasteiger partial charge in [-0.15, -0.1) is 0 Å². The highest BCUT2D eigenvalue weighted by Crippen LogP contribution is 2.36. The van der Waals surface area contributed by atoms with Gasteiger partial charge in [-0.2, -0.15) is 4.39 Å². The fourth-order valence-electron chi connectivity index (χ4n) is 3.81. The van der Waals surface area contributed by atoms with E-state index in [1.54, 1.807) is 12.1 Å². The van der Waals surface area contributed by atoms with E-state index in [4.69, 9.17) is 0 Å². The number of nitrogens with zero attached hydrogens (tertiary/aromatic N) is 3. The smallest absolute Gasteiger partial charge is 0.327 e. The first kappa shape index (κ1) is 14.3. The number of rotatable bonds is 2. The third kappa shape index (κ3) is 2.60. The van der Waals surface area contributed by atoms with E-state index in [1.165, 1.54) is 0 Å². The van der Waals surface area contributed by atoms with Gasteiger partial charge in [0.2, 0.25) is 5.82 Å². The Morgan fingerprint density at radius 3 is 2.90 bits per heavy atom. The highest BCUT2D eigenvalue weighted by molar-refractivity contribution is 5.64. The van der Waals surface area contributed by atoms with Crippen molar-refractivity contribution in [2.45, 2.75) is 25.3 Å². The SMILES string of the molecule is CN1CCCC2CN(c3cccc(F)c3[N+](=O)[O-])CCC21. The molecule has 3 rings (SSSR count). The normalized spacial score (nSPS) is 26.5. The molecule has 114 valence electrons. The first-order valence-corrected chi connectivity index (χ1v) is 7.46. The summed E-state index contributed by atoms with van der Waals surface area (Å²) in [6.07, 6.45) is 3.29. The van der Waals surface area contributed by atoms with Crippen LogP contribution < -0.4 is 4.90 Å². The molecule has 0 radical (unpaired) electrons. The van der Waals surface area contributed by atoms with Crippen molar-refractivity contribution in [1.82, 2.24) is 4.90 Å². The van der Waals surface area contributed by atoms with Gasteiger partial charge in [0.05, 0.1) is 4.92 Å². The molecule has 0 N–H and O–H groups in total. The van der Waals surface area contributed by atoms with E-state index < -0.39 is 10.7 Å². The summed E-state index contributed by atoms with van der Waals surface area (Å²) in [4.78, 5) is 14.9. The Morgan fingerprint density at radius 2 is 2.14 bits per heavy atom. The predicted octanol–water partition coefficient (Wildman–Crippen LogP) is 2.65. The molecule has 2 saturated heterocycles. The van der Waals surface area contributed by atoms with E-state index in [0.29, 0.717) is 17.6 Å². The van der Waals surface area contributed by atoms with Gasteiger partial charge < -0.3 is 9.80 Å². The molecule has 1 aromatic carbocycles. The first-order valence-electron chi connectivity index (χ1n) is 7.46. The van der Waals surface area contributed by atoms with Crippen molar-refractivity contribution >= 4 is 11.4 Å². The van der Waals surface area contributed by atoms with Gasteiger partial charge in [0.25, 0.3) is 0 Å². The Morgan fingerprint density at radius 1 is 1.33 bits per heavy atom. The lowest BCUT2D eigenvalue weighted by atomic mass is 9.84. The number of hydrogen-bond acceptors (Lipinski definition) is 4. The molecule has 2 unspecified atom stereocenters. The van der Waals surface area contributed by atoms with Crippen molar-refractivity contribution in [3.8, 4) is 0 Å². The Kier molecular flexibility index (Phi) is 3.80. The van der Waals surface area contributed by atoms with Crippen LogP contribution in [0, 0.1) is 21.8 Å². The number of para-hydroxylation sites is 1. The largest absolute Gasteiger partial charge is 0.365 e. The number of benzene rings is 1. The van der Waals surface area contributed by atoms with Crippen LogP contribution in [-0.2, 0) is 0 Å². The van der Waals surface area contributed by atoms with Gasteiger partial charge in [0.1, 0.15) is 5.69 Å². The lowest BCUT2D eigenvalue weighted by Crippen LogP contribution is -2.52. The average Bonchev–Trinajstić information content (AvgIpc) is 2.46. The number of halogens is 1. The number of nitro groups is 1. The molecule has 2 aliphatic heterocycles. The topological polar surface area (TPSA) is 49.6 Å². The van der Waals surface area contributed by atoms with Gasteiger partial charge in [0.15, 0.2) is 0 Å². The van der Waals surface area contributed by atoms with Crippen LogP contribution in [0.2, 0.25) is 0 Å². The first-order chi connectivity index (χ1) is 10.1. The standard InChI is InChI=1S/C15H20FN3O2/c1-17-8-3-4-11-10-18(9-7-13(11)17)14-6-2-5-12(16)15(14)19(20)21/h2,5-6,11,13H,3-4,7-10H2,1H3. The highest BCUT2D eigenvalue weighted by Gasteiger charge is 2.36. The molecule has 1 aromatic rings. The van der Waals surface area contributed by atoms with Crippen LogP contribution in [0.15, 0.2) is 18.2 Å². The zero-order chi connectivity index (χ0) is 15.0. The second-order valence-corrected chi connectivity index (χ2v) is 6.05. The molecule has 0 amide bonds. The fourth-order valence-corrected chi connectivity index (χ4v) is 3.81. The van der Waals surface area contributed by atoms with Gasteiger partial charge in [-0.3, -0.25) is 10.1 Å². The van der Waals surface area contributed by atoms with Crippen molar-refractivity contribution in [2.75, 3.05) is 31.6 Å². The van der Waals surface area contributed by atoms with Crippen LogP contribution in [-0.4, -0.2) is 42.5 Å². The molecule has 0 aromatic heterocycles. The summed E-state index contributed by atoms with van der Waals surface area (Å²) in [6.45, 7) is 2.65. The van der Waals surface area contributed by atoms with Crippen LogP contribution in [0.25, 0.3) is 0 Å². The van der Waals surface area contributed by atoms with E-state index in [2.05, 4.69) is 11.9 Å². The van der Waals surface area contributed by atoms with E-state index in [-0.39, 0.29) is 5.69 Å². The molecule has 0 spiro atoms. The third-order valence-electron chi connectivity index (χ3n) is 4.83. The predicted molar refractivity (Wildman–Crippen MR) is 79.0 cm³/mol. The highest BCUT2D eigenvalue weighted by atomic mass is 19.1. The van der Waals surface area contributed by atoms with Gasteiger partial charge in [-0.05, 0) is 50.9 Å². The van der Waals surface area contributed by atoms with Crippen LogP contribution >= 0.6 is 0 Å². The Bertz CT molecular complexity index is 552. The molecule has 2 atom stereocenters. The Labute approximate surface area is 123 Å². The molecule has 2 heterocycles. The lowest BCUT2D eigenvalue weighted by Gasteiger charge is -2.46. The molecule has 6 heteroatoms. The number of anilines is 1. The molecule has 0 saturated carbocycles. The summed E-state index contributed by atoms with van der Waals surface area (Å²) >= 11 is 0. The minimum Gasteiger partial charge on any atom is -0.365 e. The van der Waals surface area contributed by atoms with E-state index in [9.17, 15) is 14.5 Å². The average molecular weight is 293 g/mol. The van der Waals surface area contributed by atoms with Crippen LogP contribution in [0.5, 0.6) is 0 Å². The van der Waals surface area contributed by atoms with Crippen molar-refractivity contribution < 1.29 is 9.31 Å². The zero-order valence-corrected chi connectivity index (χ0v) is 12.2. The molecule has 0 bridgehead atoms. The second kappa shape index (κ2) is 5.60. The summed E-state index contributed by atoms with van der Waals surface area (Å²) < 4.78 is 13.8. The van der Waals surface area contributed by atoms with Gasteiger partial charge in [-0.1, -0.05) is 6.07 Å². The summed E-state index contributed by atoms with van der Waals surface area (Å²) in [7, 11) is 2.15. The van der Waals surface area contributed by atoms with E-state index in [0.717, 1.165) is 45.0 Å². The number of fused-ring (bicyclic) bond motifs is 1. The molecule has 21 heavy (non-hydrogen) atoms. The maximum atomic E-state index is 13.8. The lowest BCUT2D eigenvalue weighted by molar-refractivity contribution is -0.386. The summed E-state index contributed by atoms with van der Waals surface area (Å²) in [5.74, 6) is -0.235. The van der Waals surface area contributed by atoms with E-state index in [1.807, 2.05) is 4.90 Å². The summed E-state index contributed by atoms with van der Waals surface area (Å²) in [6, 6.07) is 4.93. The molecule has 2 fully saturated rings. The molecular formula is C15H20FN3O2. The van der Waals surface area contributed by atoms with Gasteiger partial charge in [0, 0.05) is 19.1 Å². The summed E-state index contributed by atoms with van der Waals surface area (Å²) in [5.41, 5.74) is 0.0341. The number of piperidine rings is 2. The van der Waals surface area contributed by atoms with Crippen LogP contribution in [0.1, 0.15) is 19.3 Å². The minimum absolute atomic E-state index is 0.389. The Balaban J connectivity index is 1.86. The van der Waals surface area contributed by atoms with Crippen LogP contribution in [0.4, 0.5) is 15.8 Å². The van der Waals surface area contributed by atoms with Gasteiger partial charge in [-0.25, -0.2) is 0 Å². The fraction of sp³-hybridized carbons (Fsp3) is 0.600. The quantitative estimate of drug-likeness (QED) is 0.621. The van der Waals surface area contributed by atoms with E-state index >= 15 is 0 Å². The van der Waals surface area contributed by atoms with Crippen LogP contribution in [0.3, 0.4) is 0 Å². The number of likely N-dealkylation sites (tertiary alicyclic amines) is 1.